The van der Waals surface area contributed by atoms with Gasteiger partial charge in [0.25, 0.3) is 5.91 Å². The standard InChI is InChI=1S/C14H18ClNO3/c1-4-16(10(3)7-13(17)18)14(19)11-5-9(2)6-12(15)8-11/h5-6,8,10H,4,7H2,1-3H3,(H,17,18). The van der Waals surface area contributed by atoms with Crippen LogP contribution in [0.5, 0.6) is 0 Å². The van der Waals surface area contributed by atoms with Crippen molar-refractivity contribution in [3.05, 3.63) is 34.3 Å². The van der Waals surface area contributed by atoms with Crippen molar-refractivity contribution in [2.45, 2.75) is 33.2 Å². The van der Waals surface area contributed by atoms with Crippen LogP contribution in [-0.2, 0) is 4.79 Å². The van der Waals surface area contributed by atoms with E-state index in [0.717, 1.165) is 5.56 Å². The minimum absolute atomic E-state index is 0.0703. The fourth-order valence-electron chi connectivity index (χ4n) is 2.04. The molecule has 1 aromatic carbocycles. The van der Waals surface area contributed by atoms with Crippen molar-refractivity contribution in [2.75, 3.05) is 6.54 Å². The van der Waals surface area contributed by atoms with Gasteiger partial charge in [-0.05, 0) is 44.5 Å². The van der Waals surface area contributed by atoms with E-state index < -0.39 is 5.97 Å². The molecule has 0 saturated carbocycles. The molecule has 0 aliphatic carbocycles. The molecule has 1 atom stereocenters. The maximum atomic E-state index is 12.4. The van der Waals surface area contributed by atoms with Crippen LogP contribution in [0, 0.1) is 6.92 Å². The number of amides is 1. The summed E-state index contributed by atoms with van der Waals surface area (Å²) >= 11 is 5.94. The summed E-state index contributed by atoms with van der Waals surface area (Å²) in [6, 6.07) is 4.78. The Kier molecular flexibility index (Phi) is 5.36. The quantitative estimate of drug-likeness (QED) is 0.904. The zero-order chi connectivity index (χ0) is 14.6. The number of carboxylic acids is 1. The van der Waals surface area contributed by atoms with Crippen LogP contribution in [0.4, 0.5) is 0 Å². The number of hydrogen-bond donors (Lipinski definition) is 1. The van der Waals surface area contributed by atoms with Gasteiger partial charge in [-0.1, -0.05) is 11.6 Å². The number of benzene rings is 1. The van der Waals surface area contributed by atoms with Crippen molar-refractivity contribution in [3.63, 3.8) is 0 Å². The fraction of sp³-hybridized carbons (Fsp3) is 0.429. The van der Waals surface area contributed by atoms with Gasteiger partial charge in [-0.3, -0.25) is 9.59 Å². The molecule has 104 valence electrons. The first-order chi connectivity index (χ1) is 8.85. The number of hydrogen-bond acceptors (Lipinski definition) is 2. The van der Waals surface area contributed by atoms with Gasteiger partial charge in [-0.15, -0.1) is 0 Å². The third-order valence-electron chi connectivity index (χ3n) is 2.89. The molecule has 0 aliphatic heterocycles. The van der Waals surface area contributed by atoms with Crippen LogP contribution in [0.3, 0.4) is 0 Å². The highest BCUT2D eigenvalue weighted by Crippen LogP contribution is 2.17. The third kappa shape index (κ3) is 4.24. The molecule has 5 heteroatoms. The number of halogens is 1. The van der Waals surface area contributed by atoms with Gasteiger partial charge in [-0.2, -0.15) is 0 Å². The van der Waals surface area contributed by atoms with Gasteiger partial charge in [0.15, 0.2) is 0 Å². The Balaban J connectivity index is 2.97. The van der Waals surface area contributed by atoms with Gasteiger partial charge in [0.05, 0.1) is 6.42 Å². The molecule has 1 aromatic rings. The lowest BCUT2D eigenvalue weighted by Crippen LogP contribution is -2.39. The molecule has 19 heavy (non-hydrogen) atoms. The van der Waals surface area contributed by atoms with Gasteiger partial charge in [0.1, 0.15) is 0 Å². The van der Waals surface area contributed by atoms with Crippen molar-refractivity contribution in [1.29, 1.82) is 0 Å². The van der Waals surface area contributed by atoms with Crippen LogP contribution in [-0.4, -0.2) is 34.5 Å². The summed E-state index contributed by atoms with van der Waals surface area (Å²) in [7, 11) is 0. The lowest BCUT2D eigenvalue weighted by molar-refractivity contribution is -0.138. The van der Waals surface area contributed by atoms with E-state index in [-0.39, 0.29) is 18.4 Å². The van der Waals surface area contributed by atoms with Gasteiger partial charge < -0.3 is 10.0 Å². The summed E-state index contributed by atoms with van der Waals surface area (Å²) in [6.45, 7) is 5.87. The summed E-state index contributed by atoms with van der Waals surface area (Å²) in [4.78, 5) is 24.7. The van der Waals surface area contributed by atoms with Crippen molar-refractivity contribution in [2.24, 2.45) is 0 Å². The zero-order valence-corrected chi connectivity index (χ0v) is 12.1. The molecular formula is C14H18ClNO3. The van der Waals surface area contributed by atoms with E-state index in [1.54, 1.807) is 30.0 Å². The highest BCUT2D eigenvalue weighted by molar-refractivity contribution is 6.31. The van der Waals surface area contributed by atoms with E-state index in [4.69, 9.17) is 16.7 Å². The molecule has 0 spiro atoms. The molecule has 1 unspecified atom stereocenters. The van der Waals surface area contributed by atoms with Crippen molar-refractivity contribution >= 4 is 23.5 Å². The Morgan fingerprint density at radius 2 is 2.00 bits per heavy atom. The Labute approximate surface area is 118 Å². The molecule has 1 rings (SSSR count). The summed E-state index contributed by atoms with van der Waals surface area (Å²) < 4.78 is 0. The lowest BCUT2D eigenvalue weighted by Gasteiger charge is -2.27. The summed E-state index contributed by atoms with van der Waals surface area (Å²) in [5, 5.41) is 9.31. The monoisotopic (exact) mass is 283 g/mol. The minimum Gasteiger partial charge on any atom is -0.481 e. The second-order valence-corrected chi connectivity index (χ2v) is 4.99. The summed E-state index contributed by atoms with van der Waals surface area (Å²) in [5.41, 5.74) is 1.39. The SMILES string of the molecule is CCN(C(=O)c1cc(C)cc(Cl)c1)C(C)CC(=O)O. The first-order valence-corrected chi connectivity index (χ1v) is 6.53. The van der Waals surface area contributed by atoms with E-state index in [9.17, 15) is 9.59 Å². The van der Waals surface area contributed by atoms with Gasteiger partial charge in [0.2, 0.25) is 0 Å². The van der Waals surface area contributed by atoms with E-state index in [2.05, 4.69) is 0 Å². The van der Waals surface area contributed by atoms with Gasteiger partial charge >= 0.3 is 5.97 Å². The Morgan fingerprint density at radius 3 is 2.47 bits per heavy atom. The molecule has 0 saturated heterocycles. The van der Waals surface area contributed by atoms with Crippen LogP contribution in [0.15, 0.2) is 18.2 Å². The summed E-state index contributed by atoms with van der Waals surface area (Å²) in [6.07, 6.45) is -0.0703. The van der Waals surface area contributed by atoms with E-state index >= 15 is 0 Å². The molecule has 0 aromatic heterocycles. The Bertz CT molecular complexity index is 467. The number of carbonyl (C=O) groups is 2. The minimum atomic E-state index is -0.916. The predicted octanol–water partition coefficient (Wildman–Crippen LogP) is 2.97. The van der Waals surface area contributed by atoms with Crippen LogP contribution in [0.1, 0.15) is 36.2 Å². The first kappa shape index (κ1) is 15.5. The van der Waals surface area contributed by atoms with Crippen LogP contribution in [0.25, 0.3) is 0 Å². The molecule has 0 heterocycles. The number of carboxylic acid groups (broad SMARTS) is 1. The zero-order valence-electron chi connectivity index (χ0n) is 11.3. The number of aryl methyl sites for hydroxylation is 1. The predicted molar refractivity (Wildman–Crippen MR) is 74.6 cm³/mol. The van der Waals surface area contributed by atoms with Crippen LogP contribution < -0.4 is 0 Å². The Morgan fingerprint density at radius 1 is 1.37 bits per heavy atom. The van der Waals surface area contributed by atoms with Crippen LogP contribution in [0.2, 0.25) is 5.02 Å². The largest absolute Gasteiger partial charge is 0.481 e. The highest BCUT2D eigenvalue weighted by Gasteiger charge is 2.22. The van der Waals surface area contributed by atoms with E-state index in [1.165, 1.54) is 0 Å². The number of carbonyl (C=O) groups excluding carboxylic acids is 1. The first-order valence-electron chi connectivity index (χ1n) is 6.15. The molecular weight excluding hydrogens is 266 g/mol. The average Bonchev–Trinajstić information content (AvgIpc) is 2.27. The van der Waals surface area contributed by atoms with Crippen molar-refractivity contribution in [3.8, 4) is 0 Å². The van der Waals surface area contributed by atoms with Crippen LogP contribution >= 0.6 is 11.6 Å². The molecule has 0 fully saturated rings. The Hall–Kier alpha value is -1.55. The van der Waals surface area contributed by atoms with E-state index in [1.807, 2.05) is 13.8 Å². The molecule has 0 aliphatic rings. The number of rotatable bonds is 5. The third-order valence-corrected chi connectivity index (χ3v) is 3.11. The second kappa shape index (κ2) is 6.57. The maximum absolute atomic E-state index is 12.4. The number of nitrogens with zero attached hydrogens (tertiary/aromatic N) is 1. The maximum Gasteiger partial charge on any atom is 0.305 e. The normalized spacial score (nSPS) is 12.0. The number of aliphatic carboxylic acids is 1. The van der Waals surface area contributed by atoms with Crippen molar-refractivity contribution < 1.29 is 14.7 Å². The van der Waals surface area contributed by atoms with Crippen molar-refractivity contribution in [1.82, 2.24) is 4.90 Å². The fourth-order valence-corrected chi connectivity index (χ4v) is 2.33. The molecule has 4 nitrogen and oxygen atoms in total. The molecule has 1 amide bonds. The van der Waals surface area contributed by atoms with Gasteiger partial charge in [0, 0.05) is 23.2 Å². The van der Waals surface area contributed by atoms with Gasteiger partial charge in [-0.25, -0.2) is 0 Å². The second-order valence-electron chi connectivity index (χ2n) is 4.56. The topological polar surface area (TPSA) is 57.6 Å². The molecule has 0 bridgehead atoms. The summed E-state index contributed by atoms with van der Waals surface area (Å²) in [5.74, 6) is -1.11. The average molecular weight is 284 g/mol. The highest BCUT2D eigenvalue weighted by atomic mass is 35.5. The molecule has 1 N–H and O–H groups in total. The lowest BCUT2D eigenvalue weighted by atomic mass is 10.1. The van der Waals surface area contributed by atoms with E-state index in [0.29, 0.717) is 17.1 Å². The molecule has 0 radical (unpaired) electrons. The smallest absolute Gasteiger partial charge is 0.305 e.